The van der Waals surface area contributed by atoms with Crippen molar-refractivity contribution in [2.24, 2.45) is 0 Å². The molecule has 0 spiro atoms. The Kier molecular flexibility index (Phi) is 6.92. The SMILES string of the molecule is COc1ccccc1CCNCc1ccc(C)s1.Cl. The number of rotatable bonds is 6. The lowest BCUT2D eigenvalue weighted by Crippen LogP contribution is -2.16. The number of hydrogen-bond acceptors (Lipinski definition) is 3. The van der Waals surface area contributed by atoms with Crippen LogP contribution >= 0.6 is 23.7 Å². The second-order valence-corrected chi connectivity index (χ2v) is 5.62. The highest BCUT2D eigenvalue weighted by molar-refractivity contribution is 7.11. The van der Waals surface area contributed by atoms with Gasteiger partial charge in [0.15, 0.2) is 0 Å². The summed E-state index contributed by atoms with van der Waals surface area (Å²) in [6.07, 6.45) is 0.994. The van der Waals surface area contributed by atoms with Crippen LogP contribution in [0, 0.1) is 6.92 Å². The number of nitrogens with one attached hydrogen (secondary N) is 1. The van der Waals surface area contributed by atoms with Gasteiger partial charge in [-0.25, -0.2) is 0 Å². The number of halogens is 1. The number of hydrogen-bond donors (Lipinski definition) is 1. The molecule has 0 amide bonds. The molecule has 19 heavy (non-hydrogen) atoms. The molecule has 0 radical (unpaired) electrons. The third-order valence-corrected chi connectivity index (χ3v) is 3.86. The third kappa shape index (κ3) is 4.86. The summed E-state index contributed by atoms with van der Waals surface area (Å²) in [5, 5.41) is 3.47. The monoisotopic (exact) mass is 297 g/mol. The topological polar surface area (TPSA) is 21.3 Å². The molecule has 0 fully saturated rings. The van der Waals surface area contributed by atoms with Gasteiger partial charge in [-0.1, -0.05) is 18.2 Å². The lowest BCUT2D eigenvalue weighted by atomic mass is 10.1. The van der Waals surface area contributed by atoms with Gasteiger partial charge in [0, 0.05) is 16.3 Å². The van der Waals surface area contributed by atoms with Crippen molar-refractivity contribution in [2.45, 2.75) is 19.9 Å². The van der Waals surface area contributed by atoms with Crippen molar-refractivity contribution in [1.82, 2.24) is 5.32 Å². The minimum absolute atomic E-state index is 0. The van der Waals surface area contributed by atoms with Crippen molar-refractivity contribution in [2.75, 3.05) is 13.7 Å². The summed E-state index contributed by atoms with van der Waals surface area (Å²) in [6.45, 7) is 4.06. The molecule has 104 valence electrons. The van der Waals surface area contributed by atoms with Gasteiger partial charge in [-0.15, -0.1) is 23.7 Å². The Labute approximate surface area is 125 Å². The molecule has 0 unspecified atom stereocenters. The van der Waals surface area contributed by atoms with E-state index in [4.69, 9.17) is 4.74 Å². The molecule has 1 heterocycles. The molecule has 0 aliphatic rings. The second-order valence-electron chi connectivity index (χ2n) is 4.25. The first-order valence-electron chi connectivity index (χ1n) is 6.17. The van der Waals surface area contributed by atoms with Crippen molar-refractivity contribution in [1.29, 1.82) is 0 Å². The Morgan fingerprint density at radius 3 is 2.63 bits per heavy atom. The zero-order chi connectivity index (χ0) is 12.8. The van der Waals surface area contributed by atoms with Crippen LogP contribution in [0.2, 0.25) is 0 Å². The van der Waals surface area contributed by atoms with Crippen molar-refractivity contribution in [3.8, 4) is 5.75 Å². The predicted octanol–water partition coefficient (Wildman–Crippen LogP) is 3.82. The maximum atomic E-state index is 5.34. The van der Waals surface area contributed by atoms with E-state index < -0.39 is 0 Å². The molecule has 0 bridgehead atoms. The van der Waals surface area contributed by atoms with Gasteiger partial charge >= 0.3 is 0 Å². The summed E-state index contributed by atoms with van der Waals surface area (Å²) >= 11 is 1.85. The molecule has 2 nitrogen and oxygen atoms in total. The molecule has 0 aliphatic carbocycles. The highest BCUT2D eigenvalue weighted by Crippen LogP contribution is 2.17. The van der Waals surface area contributed by atoms with Gasteiger partial charge in [0.25, 0.3) is 0 Å². The van der Waals surface area contributed by atoms with Crippen LogP contribution < -0.4 is 10.1 Å². The van der Waals surface area contributed by atoms with Crippen molar-refractivity contribution in [3.05, 3.63) is 51.7 Å². The van der Waals surface area contributed by atoms with Gasteiger partial charge in [-0.2, -0.15) is 0 Å². The van der Waals surface area contributed by atoms with E-state index in [1.54, 1.807) is 7.11 Å². The largest absolute Gasteiger partial charge is 0.496 e. The summed E-state index contributed by atoms with van der Waals surface area (Å²) in [4.78, 5) is 2.77. The van der Waals surface area contributed by atoms with Crippen LogP contribution in [-0.2, 0) is 13.0 Å². The van der Waals surface area contributed by atoms with E-state index >= 15 is 0 Å². The van der Waals surface area contributed by atoms with E-state index in [0.717, 1.165) is 25.3 Å². The molecule has 1 aromatic heterocycles. The molecule has 0 saturated heterocycles. The molecular formula is C15H20ClNOS. The van der Waals surface area contributed by atoms with Crippen LogP contribution in [-0.4, -0.2) is 13.7 Å². The maximum Gasteiger partial charge on any atom is 0.122 e. The van der Waals surface area contributed by atoms with Crippen molar-refractivity contribution >= 4 is 23.7 Å². The van der Waals surface area contributed by atoms with Gasteiger partial charge in [0.1, 0.15) is 5.75 Å². The molecule has 0 saturated carbocycles. The fourth-order valence-electron chi connectivity index (χ4n) is 1.92. The van der Waals surface area contributed by atoms with Gasteiger partial charge in [0.2, 0.25) is 0 Å². The second kappa shape index (κ2) is 8.20. The van der Waals surface area contributed by atoms with E-state index in [1.807, 2.05) is 23.5 Å². The fraction of sp³-hybridized carbons (Fsp3) is 0.333. The van der Waals surface area contributed by atoms with Crippen LogP contribution in [0.5, 0.6) is 5.75 Å². The van der Waals surface area contributed by atoms with E-state index in [0.29, 0.717) is 0 Å². The first-order valence-corrected chi connectivity index (χ1v) is 6.99. The molecule has 0 aliphatic heterocycles. The molecule has 2 aromatic rings. The Hall–Kier alpha value is -1.03. The number of benzene rings is 1. The zero-order valence-electron chi connectivity index (χ0n) is 11.3. The standard InChI is InChI=1S/C15H19NOS.ClH/c1-12-7-8-14(18-12)11-16-10-9-13-5-3-4-6-15(13)17-2;/h3-8,16H,9-11H2,1-2H3;1H. The van der Waals surface area contributed by atoms with Gasteiger partial charge in [-0.3, -0.25) is 0 Å². The summed E-state index contributed by atoms with van der Waals surface area (Å²) in [6, 6.07) is 12.6. The van der Waals surface area contributed by atoms with E-state index in [-0.39, 0.29) is 12.4 Å². The molecule has 4 heteroatoms. The van der Waals surface area contributed by atoms with Gasteiger partial charge in [0.05, 0.1) is 7.11 Å². The molecule has 1 N–H and O–H groups in total. The van der Waals surface area contributed by atoms with Crippen LogP contribution in [0.25, 0.3) is 0 Å². The molecule has 1 aromatic carbocycles. The van der Waals surface area contributed by atoms with Crippen LogP contribution in [0.1, 0.15) is 15.3 Å². The van der Waals surface area contributed by atoms with E-state index in [9.17, 15) is 0 Å². The quantitative estimate of drug-likeness (QED) is 0.819. The molecular weight excluding hydrogens is 278 g/mol. The summed E-state index contributed by atoms with van der Waals surface area (Å²) in [5.74, 6) is 0.978. The molecule has 2 rings (SSSR count). The number of methoxy groups -OCH3 is 1. The Balaban J connectivity index is 0.00000180. The number of para-hydroxylation sites is 1. The fourth-order valence-corrected chi connectivity index (χ4v) is 2.78. The van der Waals surface area contributed by atoms with Crippen molar-refractivity contribution < 1.29 is 4.74 Å². The first kappa shape index (κ1) is 16.0. The summed E-state index contributed by atoms with van der Waals surface area (Å²) in [5.41, 5.74) is 1.26. The summed E-state index contributed by atoms with van der Waals surface area (Å²) < 4.78 is 5.34. The third-order valence-electron chi connectivity index (χ3n) is 2.86. The smallest absolute Gasteiger partial charge is 0.122 e. The minimum Gasteiger partial charge on any atom is -0.496 e. The van der Waals surface area contributed by atoms with Crippen LogP contribution in [0.4, 0.5) is 0 Å². The highest BCUT2D eigenvalue weighted by Gasteiger charge is 2.01. The highest BCUT2D eigenvalue weighted by atomic mass is 35.5. The van der Waals surface area contributed by atoms with Crippen LogP contribution in [0.3, 0.4) is 0 Å². The average molecular weight is 298 g/mol. The molecule has 0 atom stereocenters. The number of aryl methyl sites for hydroxylation is 1. The van der Waals surface area contributed by atoms with E-state index in [2.05, 4.69) is 36.5 Å². The Morgan fingerprint density at radius 2 is 1.95 bits per heavy atom. The minimum atomic E-state index is 0. The van der Waals surface area contributed by atoms with Gasteiger partial charge in [-0.05, 0) is 43.7 Å². The zero-order valence-corrected chi connectivity index (χ0v) is 12.9. The number of thiophene rings is 1. The van der Waals surface area contributed by atoms with E-state index in [1.165, 1.54) is 15.3 Å². The van der Waals surface area contributed by atoms with Crippen LogP contribution in [0.15, 0.2) is 36.4 Å². The Bertz CT molecular complexity index is 498. The Morgan fingerprint density at radius 1 is 1.16 bits per heavy atom. The number of ether oxygens (including phenoxy) is 1. The predicted molar refractivity (Wildman–Crippen MR) is 84.7 cm³/mol. The summed E-state index contributed by atoms with van der Waals surface area (Å²) in [7, 11) is 1.72. The maximum absolute atomic E-state index is 5.34. The first-order chi connectivity index (χ1) is 8.79. The van der Waals surface area contributed by atoms with Crippen molar-refractivity contribution in [3.63, 3.8) is 0 Å². The average Bonchev–Trinajstić information content (AvgIpc) is 2.81. The lowest BCUT2D eigenvalue weighted by molar-refractivity contribution is 0.409. The lowest BCUT2D eigenvalue weighted by Gasteiger charge is -2.08. The normalized spacial score (nSPS) is 10.0. The van der Waals surface area contributed by atoms with Gasteiger partial charge < -0.3 is 10.1 Å².